The van der Waals surface area contributed by atoms with E-state index >= 15 is 0 Å². The monoisotopic (exact) mass is 695 g/mol. The Morgan fingerprint density at radius 1 is 0.490 bits per heavy atom. The standard InChI is InChI=1S/2C9H10O2.C6H6O.C5H12.C4H10.3C2H6.5CH4/c2*1-2-4-8(5-3-1)10-6-9-7-11-9;7-6-4-2-1-3-5-6;1-3-5-4-2;1-3-4-2;3*1-2;;;;;/h2*1-5,9H,6-7H2;1-5,7H;3-5H2,1-2H3;3-4H2,1-2H3;3*1-2H3;5*1H4. The number of phenols is 1. The number of unbranched alkanes of at least 4 members (excludes halogenated alkanes) is 3. The number of ether oxygens (including phenoxy) is 4. The molecule has 0 radical (unpaired) electrons. The largest absolute Gasteiger partial charge is 0.508 e. The first-order valence-electron chi connectivity index (χ1n) is 17.0. The molecule has 0 spiro atoms. The zero-order valence-electron chi connectivity index (χ0n) is 29.8. The lowest BCUT2D eigenvalue weighted by atomic mass is 10.3. The van der Waals surface area contributed by atoms with Crippen LogP contribution >= 0.6 is 0 Å². The summed E-state index contributed by atoms with van der Waals surface area (Å²) in [4.78, 5) is 0. The summed E-state index contributed by atoms with van der Waals surface area (Å²) in [6.07, 6.45) is 7.40. The van der Waals surface area contributed by atoms with E-state index in [0.29, 0.717) is 31.2 Å². The van der Waals surface area contributed by atoms with Crippen molar-refractivity contribution in [2.45, 2.75) is 151 Å². The van der Waals surface area contributed by atoms with E-state index in [9.17, 15) is 0 Å². The van der Waals surface area contributed by atoms with Crippen LogP contribution in [0.1, 0.15) is 138 Å². The molecule has 0 aliphatic carbocycles. The van der Waals surface area contributed by atoms with Crippen molar-refractivity contribution < 1.29 is 24.1 Å². The summed E-state index contributed by atoms with van der Waals surface area (Å²) in [6, 6.07) is 28.3. The number of phenolic OH excluding ortho intramolecular Hbond substituents is 1. The molecule has 0 aromatic heterocycles. The quantitative estimate of drug-likeness (QED) is 0.226. The Balaban J connectivity index is -0.0000000697. The third-order valence-corrected chi connectivity index (χ3v) is 5.13. The van der Waals surface area contributed by atoms with Crippen LogP contribution in [0.15, 0.2) is 91.0 Å². The molecule has 2 heterocycles. The minimum Gasteiger partial charge on any atom is -0.508 e. The molecular formula is C44H86O5. The van der Waals surface area contributed by atoms with Crippen LogP contribution in [0.3, 0.4) is 0 Å². The Morgan fingerprint density at radius 2 is 0.755 bits per heavy atom. The summed E-state index contributed by atoms with van der Waals surface area (Å²) in [7, 11) is 0. The van der Waals surface area contributed by atoms with Crippen LogP contribution in [-0.4, -0.2) is 43.7 Å². The fourth-order valence-electron chi connectivity index (χ4n) is 2.52. The van der Waals surface area contributed by atoms with Crippen LogP contribution < -0.4 is 9.47 Å². The molecule has 1 N–H and O–H groups in total. The van der Waals surface area contributed by atoms with E-state index in [1.54, 1.807) is 24.3 Å². The number of benzene rings is 3. The molecular weight excluding hydrogens is 608 g/mol. The smallest absolute Gasteiger partial charge is 0.119 e. The van der Waals surface area contributed by atoms with Crippen LogP contribution in [0.4, 0.5) is 0 Å². The van der Waals surface area contributed by atoms with E-state index < -0.39 is 0 Å². The minimum atomic E-state index is 0. The first-order chi connectivity index (χ1) is 21.6. The van der Waals surface area contributed by atoms with Crippen LogP contribution in [0.2, 0.25) is 0 Å². The van der Waals surface area contributed by atoms with Crippen LogP contribution in [-0.2, 0) is 9.47 Å². The normalized spacial score (nSPS) is 12.6. The Bertz CT molecular complexity index is 812. The molecule has 49 heavy (non-hydrogen) atoms. The van der Waals surface area contributed by atoms with Gasteiger partial charge in [-0.3, -0.25) is 0 Å². The van der Waals surface area contributed by atoms with Gasteiger partial charge in [0.15, 0.2) is 0 Å². The topological polar surface area (TPSA) is 63.8 Å². The molecule has 5 nitrogen and oxygen atoms in total. The Labute approximate surface area is 308 Å². The highest BCUT2D eigenvalue weighted by atomic mass is 16.6. The van der Waals surface area contributed by atoms with Crippen molar-refractivity contribution in [2.75, 3.05) is 26.4 Å². The van der Waals surface area contributed by atoms with Gasteiger partial charge >= 0.3 is 0 Å². The van der Waals surface area contributed by atoms with Gasteiger partial charge in [-0.05, 0) is 36.4 Å². The highest BCUT2D eigenvalue weighted by Crippen LogP contribution is 2.14. The maximum atomic E-state index is 8.63. The van der Waals surface area contributed by atoms with E-state index in [-0.39, 0.29) is 37.1 Å². The van der Waals surface area contributed by atoms with E-state index in [2.05, 4.69) is 27.7 Å². The van der Waals surface area contributed by atoms with Crippen molar-refractivity contribution in [1.29, 1.82) is 0 Å². The predicted molar refractivity (Wildman–Crippen MR) is 225 cm³/mol. The second kappa shape index (κ2) is 54.4. The molecule has 2 fully saturated rings. The van der Waals surface area contributed by atoms with Crippen LogP contribution in [0.5, 0.6) is 17.2 Å². The zero-order chi connectivity index (χ0) is 33.7. The lowest BCUT2D eigenvalue weighted by Crippen LogP contribution is -2.03. The highest BCUT2D eigenvalue weighted by molar-refractivity contribution is 5.21. The summed E-state index contributed by atoms with van der Waals surface area (Å²) < 4.78 is 20.8. The van der Waals surface area contributed by atoms with Gasteiger partial charge in [0.2, 0.25) is 0 Å². The fourth-order valence-corrected chi connectivity index (χ4v) is 2.52. The number of epoxide rings is 2. The van der Waals surface area contributed by atoms with Crippen molar-refractivity contribution in [3.05, 3.63) is 91.0 Å². The first-order valence-corrected chi connectivity index (χ1v) is 17.0. The third-order valence-electron chi connectivity index (χ3n) is 5.13. The second-order valence-electron chi connectivity index (χ2n) is 8.85. The molecule has 0 amide bonds. The van der Waals surface area contributed by atoms with E-state index in [1.165, 1.54) is 32.1 Å². The molecule has 0 bridgehead atoms. The Kier molecular flexibility index (Phi) is 71.6. The lowest BCUT2D eigenvalue weighted by Gasteiger charge is -2.01. The molecule has 5 rings (SSSR count). The first kappa shape index (κ1) is 64.5. The van der Waals surface area contributed by atoms with Gasteiger partial charge in [-0.15, -0.1) is 0 Å². The van der Waals surface area contributed by atoms with Crippen molar-refractivity contribution >= 4 is 0 Å². The lowest BCUT2D eigenvalue weighted by molar-refractivity contribution is 0.263. The van der Waals surface area contributed by atoms with E-state index in [1.807, 2.05) is 108 Å². The number of hydrogen-bond acceptors (Lipinski definition) is 5. The molecule has 3 aromatic carbocycles. The van der Waals surface area contributed by atoms with Gasteiger partial charge in [0.1, 0.15) is 42.7 Å². The molecule has 0 saturated carbocycles. The summed E-state index contributed by atoms with van der Waals surface area (Å²) in [5.74, 6) is 2.16. The van der Waals surface area contributed by atoms with Gasteiger partial charge in [0.05, 0.1) is 13.2 Å². The van der Waals surface area contributed by atoms with Gasteiger partial charge in [-0.25, -0.2) is 0 Å². The molecule has 2 unspecified atom stereocenters. The highest BCUT2D eigenvalue weighted by Gasteiger charge is 2.23. The Morgan fingerprint density at radius 3 is 0.918 bits per heavy atom. The number of rotatable bonds is 9. The maximum Gasteiger partial charge on any atom is 0.119 e. The van der Waals surface area contributed by atoms with Crippen molar-refractivity contribution in [3.63, 3.8) is 0 Å². The molecule has 2 saturated heterocycles. The SMILES string of the molecule is C.C.C.C.C.CC.CC.CC.CCCC.CCCCC.Oc1ccccc1.c1ccc(OCC2CO2)cc1.c1ccc(OCC2CO2)cc1. The summed E-state index contributed by atoms with van der Waals surface area (Å²) in [6.45, 7) is 23.9. The van der Waals surface area contributed by atoms with E-state index in [0.717, 1.165) is 24.7 Å². The van der Waals surface area contributed by atoms with Gasteiger partial charge < -0.3 is 24.1 Å². The molecule has 2 aliphatic heterocycles. The van der Waals surface area contributed by atoms with Gasteiger partial charge in [0, 0.05) is 0 Å². The zero-order valence-corrected chi connectivity index (χ0v) is 29.8. The molecule has 5 heteroatoms. The number of hydrogen-bond donors (Lipinski definition) is 1. The number of para-hydroxylation sites is 3. The van der Waals surface area contributed by atoms with Gasteiger partial charge in [0.25, 0.3) is 0 Å². The maximum absolute atomic E-state index is 8.63. The van der Waals surface area contributed by atoms with Crippen molar-refractivity contribution in [2.24, 2.45) is 0 Å². The molecule has 3 aromatic rings. The van der Waals surface area contributed by atoms with Gasteiger partial charge in [-0.1, -0.05) is 193 Å². The van der Waals surface area contributed by atoms with Crippen LogP contribution in [0.25, 0.3) is 0 Å². The second-order valence-corrected chi connectivity index (χ2v) is 8.85. The predicted octanol–water partition coefficient (Wildman–Crippen LogP) is 14.6. The van der Waals surface area contributed by atoms with Gasteiger partial charge in [-0.2, -0.15) is 0 Å². The summed E-state index contributed by atoms with van der Waals surface area (Å²) >= 11 is 0. The number of aromatic hydroxyl groups is 1. The van der Waals surface area contributed by atoms with E-state index in [4.69, 9.17) is 24.1 Å². The average Bonchev–Trinajstić information content (AvgIpc) is 4.05. The van der Waals surface area contributed by atoms with Crippen molar-refractivity contribution in [3.8, 4) is 17.2 Å². The molecule has 2 aliphatic rings. The van der Waals surface area contributed by atoms with Crippen LogP contribution in [0, 0.1) is 0 Å². The van der Waals surface area contributed by atoms with Crippen molar-refractivity contribution in [1.82, 2.24) is 0 Å². The minimum absolute atomic E-state index is 0. The Hall–Kier alpha value is -3.02. The summed E-state index contributed by atoms with van der Waals surface area (Å²) in [5, 5.41) is 8.63. The average molecular weight is 695 g/mol. The molecule has 2 atom stereocenters. The summed E-state index contributed by atoms with van der Waals surface area (Å²) in [5.41, 5.74) is 0. The molecule has 292 valence electrons. The fraction of sp³-hybridized carbons (Fsp3) is 0.591. The third kappa shape index (κ3) is 52.0.